The summed E-state index contributed by atoms with van der Waals surface area (Å²) < 4.78 is 6.43. The normalized spacial score (nSPS) is 15.5. The number of benzene rings is 9. The Bertz CT molecular complexity index is 3310. The van der Waals surface area contributed by atoms with E-state index in [0.717, 1.165) is 55.6 Å². The second kappa shape index (κ2) is 14.4. The van der Waals surface area contributed by atoms with Crippen molar-refractivity contribution >= 4 is 55.4 Å². The van der Waals surface area contributed by atoms with Gasteiger partial charge in [0.15, 0.2) is 5.58 Å². The van der Waals surface area contributed by atoms with Crippen molar-refractivity contribution in [1.82, 2.24) is 4.98 Å². The highest BCUT2D eigenvalue weighted by atomic mass is 16.3. The first kappa shape index (κ1) is 35.0. The fraction of sp³-hybridized carbons (Fsp3) is 0.0351. The van der Waals surface area contributed by atoms with E-state index in [1.807, 2.05) is 30.3 Å². The molecule has 0 bridgehead atoms. The van der Waals surface area contributed by atoms with Crippen molar-refractivity contribution in [2.24, 2.45) is 0 Å². The van der Waals surface area contributed by atoms with E-state index in [0.29, 0.717) is 5.89 Å². The molecule has 0 amide bonds. The molecule has 1 aliphatic heterocycles. The molecule has 4 heteroatoms. The number of hydrogen-bond acceptors (Lipinski definition) is 4. The molecule has 2 heterocycles. The smallest absolute Gasteiger partial charge is 0.227 e. The topological polar surface area (TPSA) is 32.5 Å². The highest BCUT2D eigenvalue weighted by Crippen LogP contribution is 2.49. The first-order chi connectivity index (χ1) is 30.2. The van der Waals surface area contributed by atoms with E-state index in [-0.39, 0.29) is 12.0 Å². The molecule has 0 saturated carbocycles. The number of anilines is 4. The van der Waals surface area contributed by atoms with Gasteiger partial charge in [0.1, 0.15) is 5.52 Å². The summed E-state index contributed by atoms with van der Waals surface area (Å²) in [4.78, 5) is 9.75. The molecule has 1 aliphatic carbocycles. The minimum Gasteiger partial charge on any atom is -0.435 e. The molecule has 2 aliphatic rings. The lowest BCUT2D eigenvalue weighted by atomic mass is 9.89. The van der Waals surface area contributed by atoms with E-state index >= 15 is 0 Å². The van der Waals surface area contributed by atoms with Gasteiger partial charge in [0.2, 0.25) is 5.89 Å². The summed E-state index contributed by atoms with van der Waals surface area (Å²) >= 11 is 0. The minimum atomic E-state index is 0.113. The van der Waals surface area contributed by atoms with Crippen LogP contribution in [0, 0.1) is 0 Å². The first-order valence-corrected chi connectivity index (χ1v) is 20.9. The van der Waals surface area contributed by atoms with Crippen LogP contribution in [0.3, 0.4) is 0 Å². The van der Waals surface area contributed by atoms with Crippen LogP contribution in [0.15, 0.2) is 235 Å². The Morgan fingerprint density at radius 3 is 1.89 bits per heavy atom. The quantitative estimate of drug-likeness (QED) is 0.161. The van der Waals surface area contributed by atoms with Crippen LogP contribution < -0.4 is 9.80 Å². The number of allylic oxidation sites excluding steroid dienone is 1. The molecule has 4 nitrogen and oxygen atoms in total. The molecule has 0 spiro atoms. The summed E-state index contributed by atoms with van der Waals surface area (Å²) in [7, 11) is 0. The Morgan fingerprint density at radius 2 is 1.11 bits per heavy atom. The summed E-state index contributed by atoms with van der Waals surface area (Å²) in [5.74, 6) is 0.873. The number of fused-ring (bicyclic) bond motifs is 7. The summed E-state index contributed by atoms with van der Waals surface area (Å²) in [5, 5.41) is 4.68. The molecule has 0 fully saturated rings. The number of nitrogens with zero attached hydrogens (tertiary/aromatic N) is 3. The maximum absolute atomic E-state index is 6.43. The van der Waals surface area contributed by atoms with Crippen molar-refractivity contribution in [1.29, 1.82) is 0 Å². The van der Waals surface area contributed by atoms with Gasteiger partial charge in [-0.05, 0) is 117 Å². The Morgan fingerprint density at radius 1 is 0.492 bits per heavy atom. The third kappa shape index (κ3) is 5.95. The predicted molar refractivity (Wildman–Crippen MR) is 253 cm³/mol. The second-order valence-corrected chi connectivity index (χ2v) is 15.9. The number of aromatic nitrogens is 1. The van der Waals surface area contributed by atoms with Crippen LogP contribution in [0.5, 0.6) is 0 Å². The number of rotatable bonds is 7. The molecule has 10 aromatic rings. The zero-order valence-corrected chi connectivity index (χ0v) is 33.3. The summed E-state index contributed by atoms with van der Waals surface area (Å²) in [5.41, 5.74) is 14.5. The van der Waals surface area contributed by atoms with Gasteiger partial charge in [0, 0.05) is 45.3 Å². The summed E-state index contributed by atoms with van der Waals surface area (Å²) in [6.45, 7) is 0. The van der Waals surface area contributed by atoms with Crippen LogP contribution in [0.25, 0.3) is 66.4 Å². The van der Waals surface area contributed by atoms with Crippen LogP contribution in [0.1, 0.15) is 11.5 Å². The van der Waals surface area contributed by atoms with Crippen molar-refractivity contribution in [2.45, 2.75) is 12.0 Å². The van der Waals surface area contributed by atoms with Crippen LogP contribution in [-0.2, 0) is 0 Å². The van der Waals surface area contributed by atoms with E-state index in [9.17, 15) is 0 Å². The molecule has 2 unspecified atom stereocenters. The van der Waals surface area contributed by atoms with Gasteiger partial charge < -0.3 is 14.2 Å². The van der Waals surface area contributed by atoms with E-state index in [1.54, 1.807) is 0 Å². The number of hydrogen-bond donors (Lipinski definition) is 0. The molecule has 0 N–H and O–H groups in total. The fourth-order valence-electron chi connectivity index (χ4n) is 9.57. The second-order valence-electron chi connectivity index (χ2n) is 15.9. The van der Waals surface area contributed by atoms with Crippen LogP contribution in [0.4, 0.5) is 22.7 Å². The van der Waals surface area contributed by atoms with Gasteiger partial charge in [-0.1, -0.05) is 152 Å². The highest BCUT2D eigenvalue weighted by molar-refractivity contribution is 6.09. The molecule has 1 aromatic heterocycles. The van der Waals surface area contributed by atoms with Gasteiger partial charge >= 0.3 is 0 Å². The number of oxazole rings is 1. The van der Waals surface area contributed by atoms with Gasteiger partial charge in [-0.3, -0.25) is 0 Å². The first-order valence-electron chi connectivity index (χ1n) is 20.9. The summed E-state index contributed by atoms with van der Waals surface area (Å²) in [6.07, 6.45) is 7.18. The van der Waals surface area contributed by atoms with Crippen LogP contribution in [-0.4, -0.2) is 11.0 Å². The van der Waals surface area contributed by atoms with E-state index < -0.39 is 0 Å². The lowest BCUT2D eigenvalue weighted by Crippen LogP contribution is -2.31. The molecule has 0 saturated heterocycles. The Labute approximate surface area is 354 Å². The maximum Gasteiger partial charge on any atom is 0.227 e. The zero-order chi connectivity index (χ0) is 40.3. The lowest BCUT2D eigenvalue weighted by molar-refractivity contribution is 0.623. The van der Waals surface area contributed by atoms with E-state index in [4.69, 9.17) is 9.40 Å². The van der Waals surface area contributed by atoms with E-state index in [2.05, 4.69) is 204 Å². The average Bonchev–Trinajstić information content (AvgIpc) is 3.92. The third-order valence-corrected chi connectivity index (χ3v) is 12.4. The molecule has 12 rings (SSSR count). The van der Waals surface area contributed by atoms with Crippen LogP contribution >= 0.6 is 0 Å². The third-order valence-electron chi connectivity index (χ3n) is 12.4. The lowest BCUT2D eigenvalue weighted by Gasteiger charge is -2.34. The fourth-order valence-corrected chi connectivity index (χ4v) is 9.57. The SMILES string of the molecule is C1=CC2c3ccccc3N(c3ccccc3)C2C=C1N(c1ccc(-c2cccc3ccccc23)cc1)c1ccc(-c2cccc3c2ccc2nc(-c4ccccc4)oc23)cc1. The molecule has 0 radical (unpaired) electrons. The Kier molecular flexibility index (Phi) is 8.27. The largest absolute Gasteiger partial charge is 0.435 e. The molecule has 61 heavy (non-hydrogen) atoms. The highest BCUT2D eigenvalue weighted by Gasteiger charge is 2.39. The molecule has 2 atom stereocenters. The van der Waals surface area contributed by atoms with Crippen LogP contribution in [0.2, 0.25) is 0 Å². The van der Waals surface area contributed by atoms with Gasteiger partial charge in [-0.2, -0.15) is 0 Å². The average molecular weight is 782 g/mol. The summed E-state index contributed by atoms with van der Waals surface area (Å²) in [6, 6.07) is 73.8. The van der Waals surface area contributed by atoms with Gasteiger partial charge in [0.05, 0.1) is 6.04 Å². The van der Waals surface area contributed by atoms with Gasteiger partial charge in [-0.15, -0.1) is 0 Å². The van der Waals surface area contributed by atoms with Gasteiger partial charge in [-0.25, -0.2) is 4.98 Å². The maximum atomic E-state index is 6.43. The monoisotopic (exact) mass is 781 g/mol. The predicted octanol–water partition coefficient (Wildman–Crippen LogP) is 15.0. The van der Waals surface area contributed by atoms with Crippen molar-refractivity contribution in [3.8, 4) is 33.7 Å². The molecular formula is C57H39N3O. The van der Waals surface area contributed by atoms with E-state index in [1.165, 1.54) is 38.8 Å². The number of para-hydroxylation sites is 2. The van der Waals surface area contributed by atoms with Crippen molar-refractivity contribution in [3.63, 3.8) is 0 Å². The molecule has 9 aromatic carbocycles. The van der Waals surface area contributed by atoms with Crippen molar-refractivity contribution in [2.75, 3.05) is 9.80 Å². The van der Waals surface area contributed by atoms with Gasteiger partial charge in [0.25, 0.3) is 0 Å². The van der Waals surface area contributed by atoms with Crippen molar-refractivity contribution < 1.29 is 4.42 Å². The zero-order valence-electron chi connectivity index (χ0n) is 33.3. The Balaban J connectivity index is 0.957. The standard InChI is InChI=1S/C57H39N3O/c1-3-14-41(15-4-1)57-58-53-36-35-49-48(22-12-23-52(49)56(53)61-57)40-27-31-44(32-28-40)59(43-29-25-39(26-30-43)47-21-11-16-38-13-7-8-19-46(38)47)45-33-34-51-50-20-9-10-24-54(50)60(55(51)37-45)42-17-5-2-6-18-42/h1-37,51,55H. The molecule has 288 valence electrons. The Hall–Kier alpha value is -7.95. The molecular weight excluding hydrogens is 743 g/mol. The minimum absolute atomic E-state index is 0.113. The van der Waals surface area contributed by atoms with Crippen molar-refractivity contribution in [3.05, 3.63) is 236 Å².